The molecule has 0 aromatic carbocycles. The molecule has 8 heteroatoms. The van der Waals surface area contributed by atoms with Crippen LogP contribution in [0.3, 0.4) is 0 Å². The van der Waals surface area contributed by atoms with Crippen LogP contribution in [0.25, 0.3) is 0 Å². The summed E-state index contributed by atoms with van der Waals surface area (Å²) < 4.78 is 29.7. The predicted molar refractivity (Wildman–Crippen MR) is 91.3 cm³/mol. The fourth-order valence-electron chi connectivity index (χ4n) is 3.99. The molecule has 3 atom stereocenters. The highest BCUT2D eigenvalue weighted by Gasteiger charge is 2.48. The quantitative estimate of drug-likeness (QED) is 0.882. The van der Waals surface area contributed by atoms with Gasteiger partial charge in [0.25, 0.3) is 5.91 Å². The number of hydrogen-bond donors (Lipinski definition) is 1. The number of nitrogens with zero attached hydrogens (tertiary/aromatic N) is 3. The maximum absolute atomic E-state index is 12.8. The normalized spacial score (nSPS) is 25.5. The van der Waals surface area contributed by atoms with Gasteiger partial charge in [-0.25, -0.2) is 13.1 Å². The molecule has 2 bridgehead atoms. The van der Waals surface area contributed by atoms with Crippen LogP contribution in [-0.4, -0.2) is 47.4 Å². The van der Waals surface area contributed by atoms with Gasteiger partial charge in [0.1, 0.15) is 10.6 Å². The smallest absolute Gasteiger partial charge is 0.270 e. The molecule has 1 N–H and O–H groups in total. The van der Waals surface area contributed by atoms with E-state index in [4.69, 9.17) is 0 Å². The molecule has 2 aromatic heterocycles. The Bertz CT molecular complexity index is 894. The number of rotatable bonds is 4. The molecule has 1 saturated carbocycles. The van der Waals surface area contributed by atoms with E-state index in [1.54, 1.807) is 16.7 Å². The van der Waals surface area contributed by atoms with Crippen molar-refractivity contribution >= 4 is 15.9 Å². The number of piperidine rings is 1. The van der Waals surface area contributed by atoms with E-state index >= 15 is 0 Å². The van der Waals surface area contributed by atoms with Gasteiger partial charge in [-0.15, -0.1) is 0 Å². The number of amides is 1. The molecule has 2 aromatic rings. The van der Waals surface area contributed by atoms with Gasteiger partial charge in [0.15, 0.2) is 0 Å². The first-order valence-corrected chi connectivity index (χ1v) is 9.78. The Morgan fingerprint density at radius 2 is 2.12 bits per heavy atom. The standard InChI is InChI=1S/C17H20N4O3S/c1-20-7-3-5-15(20)17(22)21-11-12-8-14(16(21)9-12)19-25(23,24)13-4-2-6-18-10-13/h2-7,10,12,14,16,19H,8-9,11H2,1H3. The Hall–Kier alpha value is -2.19. The van der Waals surface area contributed by atoms with Crippen LogP contribution in [0.5, 0.6) is 0 Å². The lowest BCUT2D eigenvalue weighted by Crippen LogP contribution is -2.52. The lowest BCUT2D eigenvalue weighted by Gasteiger charge is -2.33. The van der Waals surface area contributed by atoms with Gasteiger partial charge in [-0.3, -0.25) is 9.78 Å². The first kappa shape index (κ1) is 16.3. The number of likely N-dealkylation sites (tertiary alicyclic amines) is 1. The minimum Gasteiger partial charge on any atom is -0.347 e. The van der Waals surface area contributed by atoms with E-state index in [9.17, 15) is 13.2 Å². The lowest BCUT2D eigenvalue weighted by molar-refractivity contribution is 0.0668. The zero-order valence-corrected chi connectivity index (χ0v) is 14.7. The predicted octanol–water partition coefficient (Wildman–Crippen LogP) is 1.00. The summed E-state index contributed by atoms with van der Waals surface area (Å²) in [6, 6.07) is 6.40. The highest BCUT2D eigenvalue weighted by molar-refractivity contribution is 7.89. The number of aryl methyl sites for hydroxylation is 1. The van der Waals surface area contributed by atoms with Crippen molar-refractivity contribution in [1.82, 2.24) is 19.2 Å². The highest BCUT2D eigenvalue weighted by atomic mass is 32.2. The molecular formula is C17H20N4O3S. The van der Waals surface area contributed by atoms with Gasteiger partial charge in [0, 0.05) is 44.3 Å². The van der Waals surface area contributed by atoms with Gasteiger partial charge in [0.2, 0.25) is 10.0 Å². The molecule has 1 saturated heterocycles. The van der Waals surface area contributed by atoms with Gasteiger partial charge in [-0.1, -0.05) is 0 Å². The molecule has 132 valence electrons. The number of sulfonamides is 1. The lowest BCUT2D eigenvalue weighted by atomic mass is 10.1. The van der Waals surface area contributed by atoms with Crippen LogP contribution in [-0.2, 0) is 17.1 Å². The monoisotopic (exact) mass is 360 g/mol. The summed E-state index contributed by atoms with van der Waals surface area (Å²) in [7, 11) is -1.80. The summed E-state index contributed by atoms with van der Waals surface area (Å²) >= 11 is 0. The van der Waals surface area contributed by atoms with Crippen LogP contribution >= 0.6 is 0 Å². The second-order valence-electron chi connectivity index (χ2n) is 6.78. The second kappa shape index (κ2) is 5.96. The molecule has 7 nitrogen and oxygen atoms in total. The van der Waals surface area contributed by atoms with Gasteiger partial charge >= 0.3 is 0 Å². The van der Waals surface area contributed by atoms with Crippen LogP contribution in [0, 0.1) is 5.92 Å². The van der Waals surface area contributed by atoms with Gasteiger partial charge < -0.3 is 9.47 Å². The fourth-order valence-corrected chi connectivity index (χ4v) is 5.23. The van der Waals surface area contributed by atoms with Gasteiger partial charge in [-0.2, -0.15) is 0 Å². The van der Waals surface area contributed by atoms with Crippen molar-refractivity contribution in [2.24, 2.45) is 13.0 Å². The van der Waals surface area contributed by atoms with E-state index in [2.05, 4.69) is 9.71 Å². The largest absolute Gasteiger partial charge is 0.347 e. The Labute approximate surface area is 146 Å². The van der Waals surface area contributed by atoms with Crippen molar-refractivity contribution in [3.05, 3.63) is 48.5 Å². The van der Waals surface area contributed by atoms with Crippen LogP contribution < -0.4 is 4.72 Å². The van der Waals surface area contributed by atoms with E-state index < -0.39 is 10.0 Å². The maximum Gasteiger partial charge on any atom is 0.270 e. The summed E-state index contributed by atoms with van der Waals surface area (Å²) in [5.74, 6) is 0.307. The van der Waals surface area contributed by atoms with Crippen molar-refractivity contribution < 1.29 is 13.2 Å². The minimum atomic E-state index is -3.63. The number of carbonyl (C=O) groups excluding carboxylic acids is 1. The average Bonchev–Trinajstić information content (AvgIpc) is 3.30. The van der Waals surface area contributed by atoms with E-state index in [-0.39, 0.29) is 22.9 Å². The summed E-state index contributed by atoms with van der Waals surface area (Å²) in [6.07, 6.45) is 6.32. The van der Waals surface area contributed by atoms with Gasteiger partial charge in [0.05, 0.1) is 0 Å². The van der Waals surface area contributed by atoms with E-state index in [0.29, 0.717) is 18.2 Å². The second-order valence-corrected chi connectivity index (χ2v) is 8.50. The maximum atomic E-state index is 12.8. The molecule has 0 spiro atoms. The number of hydrogen-bond acceptors (Lipinski definition) is 4. The zero-order chi connectivity index (χ0) is 17.6. The third-order valence-electron chi connectivity index (χ3n) is 5.16. The Morgan fingerprint density at radius 1 is 1.28 bits per heavy atom. The molecule has 4 rings (SSSR count). The molecule has 3 unspecified atom stereocenters. The van der Waals surface area contributed by atoms with Crippen molar-refractivity contribution in [1.29, 1.82) is 0 Å². The summed E-state index contributed by atoms with van der Waals surface area (Å²) in [6.45, 7) is 0.694. The number of fused-ring (bicyclic) bond motifs is 2. The Balaban J connectivity index is 1.54. The number of pyridine rings is 1. The average molecular weight is 360 g/mol. The first-order chi connectivity index (χ1) is 12.0. The van der Waals surface area contributed by atoms with Crippen LogP contribution in [0.2, 0.25) is 0 Å². The SMILES string of the molecule is Cn1cccc1C(=O)N1CC2CC(NS(=O)(=O)c3cccnc3)C1C2. The number of carbonyl (C=O) groups is 1. The van der Waals surface area contributed by atoms with E-state index in [1.165, 1.54) is 18.5 Å². The molecule has 1 amide bonds. The number of nitrogens with one attached hydrogen (secondary N) is 1. The Morgan fingerprint density at radius 3 is 2.76 bits per heavy atom. The minimum absolute atomic E-state index is 0.0368. The molecule has 2 fully saturated rings. The first-order valence-electron chi connectivity index (χ1n) is 8.30. The van der Waals surface area contributed by atoms with E-state index in [1.807, 2.05) is 24.2 Å². The molecular weight excluding hydrogens is 340 g/mol. The van der Waals surface area contributed by atoms with Crippen LogP contribution in [0.15, 0.2) is 47.8 Å². The van der Waals surface area contributed by atoms with Crippen molar-refractivity contribution in [2.45, 2.75) is 29.8 Å². The fraction of sp³-hybridized carbons (Fsp3) is 0.412. The van der Waals surface area contributed by atoms with Gasteiger partial charge in [-0.05, 0) is 43.0 Å². The molecule has 2 aliphatic rings. The summed E-state index contributed by atoms with van der Waals surface area (Å²) in [5, 5.41) is 0. The van der Waals surface area contributed by atoms with E-state index in [0.717, 1.165) is 12.8 Å². The van der Waals surface area contributed by atoms with Crippen LogP contribution in [0.1, 0.15) is 23.3 Å². The highest BCUT2D eigenvalue weighted by Crippen LogP contribution is 2.39. The molecule has 1 aliphatic heterocycles. The van der Waals surface area contributed by atoms with Crippen molar-refractivity contribution in [2.75, 3.05) is 6.54 Å². The molecule has 3 heterocycles. The van der Waals surface area contributed by atoms with Crippen molar-refractivity contribution in [3.63, 3.8) is 0 Å². The third kappa shape index (κ3) is 2.85. The molecule has 25 heavy (non-hydrogen) atoms. The Kier molecular flexibility index (Phi) is 3.88. The van der Waals surface area contributed by atoms with Crippen molar-refractivity contribution in [3.8, 4) is 0 Å². The molecule has 0 radical (unpaired) electrons. The zero-order valence-electron chi connectivity index (χ0n) is 13.9. The molecule has 1 aliphatic carbocycles. The summed E-state index contributed by atoms with van der Waals surface area (Å²) in [5.41, 5.74) is 0.626. The third-order valence-corrected chi connectivity index (χ3v) is 6.63. The van der Waals surface area contributed by atoms with Crippen LogP contribution in [0.4, 0.5) is 0 Å². The number of aromatic nitrogens is 2. The summed E-state index contributed by atoms with van der Waals surface area (Å²) in [4.78, 5) is 18.7. The topological polar surface area (TPSA) is 84.3 Å².